The summed E-state index contributed by atoms with van der Waals surface area (Å²) in [7, 11) is 0. The molecule has 2 aromatic carbocycles. The molecule has 0 aliphatic rings. The van der Waals surface area contributed by atoms with Crippen LogP contribution in [0.5, 0.6) is 0 Å². The maximum atomic E-state index is 9.64. The Kier molecular flexibility index (Phi) is 5.00. The van der Waals surface area contributed by atoms with E-state index < -0.39 is 6.04 Å². The quantitative estimate of drug-likeness (QED) is 0.762. The first-order valence-corrected chi connectivity index (χ1v) is 7.96. The standard InChI is InChI=1S/C21H19N3/c1-16-9-5-6-12-18(16)21(17-10-3-2-4-11-17)24-20(15-22)19-13-7-8-14-23-19/h2-14,20-21,24H,1H3/t20-,21?/m0/s1. The van der Waals surface area contributed by atoms with Crippen LogP contribution < -0.4 is 5.32 Å². The van der Waals surface area contributed by atoms with E-state index in [1.807, 2.05) is 48.5 Å². The van der Waals surface area contributed by atoms with Crippen molar-refractivity contribution < 1.29 is 0 Å². The molecule has 0 fully saturated rings. The van der Waals surface area contributed by atoms with Gasteiger partial charge in [0.25, 0.3) is 0 Å². The first-order chi connectivity index (χ1) is 11.8. The largest absolute Gasteiger partial charge is 0.286 e. The molecule has 1 heterocycles. The van der Waals surface area contributed by atoms with Crippen LogP contribution in [0, 0.1) is 18.3 Å². The molecule has 0 aliphatic heterocycles. The Morgan fingerprint density at radius 3 is 2.29 bits per heavy atom. The van der Waals surface area contributed by atoms with Gasteiger partial charge >= 0.3 is 0 Å². The Morgan fingerprint density at radius 1 is 0.917 bits per heavy atom. The van der Waals surface area contributed by atoms with E-state index in [-0.39, 0.29) is 6.04 Å². The predicted octanol–water partition coefficient (Wildman–Crippen LogP) is 4.33. The molecule has 1 aromatic heterocycles. The van der Waals surface area contributed by atoms with E-state index >= 15 is 0 Å². The number of hydrogen-bond donors (Lipinski definition) is 1. The van der Waals surface area contributed by atoms with Gasteiger partial charge in [0.1, 0.15) is 6.04 Å². The molecule has 3 rings (SSSR count). The molecule has 0 bridgehead atoms. The van der Waals surface area contributed by atoms with Gasteiger partial charge in [-0.2, -0.15) is 5.26 Å². The van der Waals surface area contributed by atoms with Crippen LogP contribution in [0.1, 0.15) is 34.5 Å². The van der Waals surface area contributed by atoms with Crippen LogP contribution in [0.3, 0.4) is 0 Å². The summed E-state index contributed by atoms with van der Waals surface area (Å²) in [4.78, 5) is 4.33. The number of aryl methyl sites for hydroxylation is 1. The summed E-state index contributed by atoms with van der Waals surface area (Å²) in [6.07, 6.45) is 1.71. The second-order valence-corrected chi connectivity index (χ2v) is 5.68. The van der Waals surface area contributed by atoms with Crippen molar-refractivity contribution in [1.82, 2.24) is 10.3 Å². The fourth-order valence-corrected chi connectivity index (χ4v) is 2.82. The molecule has 0 amide bonds. The molecule has 1 N–H and O–H groups in total. The molecule has 0 aliphatic carbocycles. The maximum Gasteiger partial charge on any atom is 0.139 e. The molecule has 1 unspecified atom stereocenters. The van der Waals surface area contributed by atoms with E-state index in [0.29, 0.717) is 0 Å². The number of rotatable bonds is 5. The highest BCUT2D eigenvalue weighted by molar-refractivity contribution is 5.37. The van der Waals surface area contributed by atoms with Crippen LogP contribution in [-0.2, 0) is 0 Å². The minimum Gasteiger partial charge on any atom is -0.286 e. The molecule has 0 saturated carbocycles. The highest BCUT2D eigenvalue weighted by Gasteiger charge is 2.21. The van der Waals surface area contributed by atoms with Crippen molar-refractivity contribution in [3.63, 3.8) is 0 Å². The lowest BCUT2D eigenvalue weighted by Crippen LogP contribution is -2.27. The maximum absolute atomic E-state index is 9.64. The molecule has 2 atom stereocenters. The molecule has 3 nitrogen and oxygen atoms in total. The molecule has 0 saturated heterocycles. The van der Waals surface area contributed by atoms with Crippen LogP contribution in [0.25, 0.3) is 0 Å². The third-order valence-corrected chi connectivity index (χ3v) is 4.08. The van der Waals surface area contributed by atoms with Gasteiger partial charge in [0.05, 0.1) is 17.8 Å². The highest BCUT2D eigenvalue weighted by Crippen LogP contribution is 2.27. The third-order valence-electron chi connectivity index (χ3n) is 4.08. The number of aromatic nitrogens is 1. The average Bonchev–Trinajstić information content (AvgIpc) is 2.65. The Bertz CT molecular complexity index is 822. The lowest BCUT2D eigenvalue weighted by molar-refractivity contribution is 0.548. The smallest absolute Gasteiger partial charge is 0.139 e. The van der Waals surface area contributed by atoms with Crippen molar-refractivity contribution in [3.05, 3.63) is 101 Å². The monoisotopic (exact) mass is 313 g/mol. The van der Waals surface area contributed by atoms with E-state index in [2.05, 4.69) is 47.6 Å². The first-order valence-electron chi connectivity index (χ1n) is 7.96. The van der Waals surface area contributed by atoms with Gasteiger partial charge in [-0.15, -0.1) is 0 Å². The van der Waals surface area contributed by atoms with Gasteiger partial charge in [-0.05, 0) is 35.7 Å². The first kappa shape index (κ1) is 15.9. The SMILES string of the molecule is Cc1ccccc1C(N[C@@H](C#N)c1ccccn1)c1ccccc1. The molecule has 3 heteroatoms. The topological polar surface area (TPSA) is 48.7 Å². The van der Waals surface area contributed by atoms with E-state index in [9.17, 15) is 5.26 Å². The zero-order chi connectivity index (χ0) is 16.8. The molecular weight excluding hydrogens is 294 g/mol. The summed E-state index contributed by atoms with van der Waals surface area (Å²) in [5.41, 5.74) is 4.22. The lowest BCUT2D eigenvalue weighted by atomic mass is 9.94. The Hall–Kier alpha value is -2.96. The third kappa shape index (κ3) is 3.51. The van der Waals surface area contributed by atoms with Gasteiger partial charge in [-0.25, -0.2) is 0 Å². The van der Waals surface area contributed by atoms with Crippen LogP contribution >= 0.6 is 0 Å². The fraction of sp³-hybridized carbons (Fsp3) is 0.143. The zero-order valence-electron chi connectivity index (χ0n) is 13.6. The minimum atomic E-state index is -0.476. The van der Waals surface area contributed by atoms with Gasteiger partial charge in [0, 0.05) is 6.20 Å². The predicted molar refractivity (Wildman–Crippen MR) is 95.2 cm³/mol. The number of hydrogen-bond acceptors (Lipinski definition) is 3. The Morgan fingerprint density at radius 2 is 1.62 bits per heavy atom. The summed E-state index contributed by atoms with van der Waals surface area (Å²) < 4.78 is 0. The molecule has 3 aromatic rings. The van der Waals surface area contributed by atoms with Gasteiger partial charge < -0.3 is 0 Å². The van der Waals surface area contributed by atoms with Crippen LogP contribution in [0.2, 0.25) is 0 Å². The van der Waals surface area contributed by atoms with E-state index in [4.69, 9.17) is 0 Å². The number of pyridine rings is 1. The van der Waals surface area contributed by atoms with E-state index in [0.717, 1.165) is 11.3 Å². The van der Waals surface area contributed by atoms with E-state index in [1.165, 1.54) is 11.1 Å². The fourth-order valence-electron chi connectivity index (χ4n) is 2.82. The van der Waals surface area contributed by atoms with Gasteiger partial charge in [0.2, 0.25) is 0 Å². The summed E-state index contributed by atoms with van der Waals surface area (Å²) in [5, 5.41) is 13.1. The second-order valence-electron chi connectivity index (χ2n) is 5.68. The van der Waals surface area contributed by atoms with Crippen molar-refractivity contribution in [1.29, 1.82) is 5.26 Å². The minimum absolute atomic E-state index is 0.0703. The van der Waals surface area contributed by atoms with Crippen molar-refractivity contribution in [3.8, 4) is 6.07 Å². The molecule has 0 spiro atoms. The summed E-state index contributed by atoms with van der Waals surface area (Å²) >= 11 is 0. The van der Waals surface area contributed by atoms with Crippen LogP contribution in [0.15, 0.2) is 79.0 Å². The van der Waals surface area contributed by atoms with Crippen molar-refractivity contribution >= 4 is 0 Å². The molecule has 0 radical (unpaired) electrons. The van der Waals surface area contributed by atoms with Crippen molar-refractivity contribution in [2.24, 2.45) is 0 Å². The summed E-state index contributed by atoms with van der Waals surface area (Å²) in [6, 6.07) is 25.9. The molecular formula is C21H19N3. The lowest BCUT2D eigenvalue weighted by Gasteiger charge is -2.24. The van der Waals surface area contributed by atoms with E-state index in [1.54, 1.807) is 6.20 Å². The number of benzene rings is 2. The van der Waals surface area contributed by atoms with Crippen molar-refractivity contribution in [2.45, 2.75) is 19.0 Å². The van der Waals surface area contributed by atoms with Crippen molar-refractivity contribution in [2.75, 3.05) is 0 Å². The second kappa shape index (κ2) is 7.54. The zero-order valence-corrected chi connectivity index (χ0v) is 13.6. The summed E-state index contributed by atoms with van der Waals surface area (Å²) in [5.74, 6) is 0. The highest BCUT2D eigenvalue weighted by atomic mass is 15.0. The Balaban J connectivity index is 2.00. The van der Waals surface area contributed by atoms with Gasteiger partial charge in [-0.1, -0.05) is 60.7 Å². The number of nitriles is 1. The molecule has 118 valence electrons. The normalized spacial score (nSPS) is 13.0. The van der Waals surface area contributed by atoms with Gasteiger partial charge in [-0.3, -0.25) is 10.3 Å². The molecule has 24 heavy (non-hydrogen) atoms. The number of nitrogens with zero attached hydrogens (tertiary/aromatic N) is 2. The Labute approximate surface area is 142 Å². The van der Waals surface area contributed by atoms with Crippen LogP contribution in [-0.4, -0.2) is 4.98 Å². The van der Waals surface area contributed by atoms with Crippen LogP contribution in [0.4, 0.5) is 0 Å². The summed E-state index contributed by atoms with van der Waals surface area (Å²) in [6.45, 7) is 2.09. The van der Waals surface area contributed by atoms with Gasteiger partial charge in [0.15, 0.2) is 0 Å². The average molecular weight is 313 g/mol. The number of nitrogens with one attached hydrogen (secondary N) is 1.